The average Bonchev–Trinajstić information content (AvgIpc) is 2.09. The largest absolute Gasteiger partial charge is 0.318 e. The molecule has 0 heterocycles. The van der Waals surface area contributed by atoms with E-state index in [9.17, 15) is 4.39 Å². The highest BCUT2D eigenvalue weighted by Gasteiger charge is 2.17. The van der Waals surface area contributed by atoms with E-state index in [1.165, 1.54) is 6.07 Å². The third-order valence-corrected chi connectivity index (χ3v) is 2.57. The van der Waals surface area contributed by atoms with E-state index in [0.29, 0.717) is 4.47 Å². The normalized spacial score (nSPS) is 15.1. The van der Waals surface area contributed by atoms with E-state index in [4.69, 9.17) is 5.73 Å². The topological polar surface area (TPSA) is 26.0 Å². The van der Waals surface area contributed by atoms with Crippen LogP contribution in [0, 0.1) is 5.82 Å². The molecule has 70 valence electrons. The molecule has 0 aliphatic heterocycles. The molecule has 0 aromatic heterocycles. The molecule has 0 saturated carbocycles. The Morgan fingerprint density at radius 3 is 2.69 bits per heavy atom. The molecule has 0 amide bonds. The summed E-state index contributed by atoms with van der Waals surface area (Å²) in [5.41, 5.74) is 6.11. The summed E-state index contributed by atoms with van der Waals surface area (Å²) >= 11 is 3.10. The minimum atomic E-state index is -0.615. The van der Waals surface area contributed by atoms with Gasteiger partial charge in [0.2, 0.25) is 0 Å². The van der Waals surface area contributed by atoms with Crippen molar-refractivity contribution in [2.45, 2.75) is 12.5 Å². The highest BCUT2D eigenvalue weighted by atomic mass is 79.9. The summed E-state index contributed by atoms with van der Waals surface area (Å²) in [4.78, 5) is 0. The van der Waals surface area contributed by atoms with Gasteiger partial charge in [-0.15, -0.1) is 6.58 Å². The van der Waals surface area contributed by atoms with Crippen molar-refractivity contribution in [3.8, 4) is 0 Å². The zero-order valence-corrected chi connectivity index (χ0v) is 8.94. The highest BCUT2D eigenvalue weighted by molar-refractivity contribution is 9.10. The lowest BCUT2D eigenvalue weighted by atomic mass is 9.94. The van der Waals surface area contributed by atoms with Gasteiger partial charge in [-0.3, -0.25) is 0 Å². The van der Waals surface area contributed by atoms with E-state index < -0.39 is 5.54 Å². The van der Waals surface area contributed by atoms with Crippen molar-refractivity contribution in [1.82, 2.24) is 0 Å². The van der Waals surface area contributed by atoms with Crippen LogP contribution in [0.5, 0.6) is 0 Å². The average molecular weight is 244 g/mol. The Hall–Kier alpha value is -0.670. The molecule has 2 N–H and O–H groups in total. The fourth-order valence-electron chi connectivity index (χ4n) is 0.949. The maximum absolute atomic E-state index is 12.9. The van der Waals surface area contributed by atoms with Gasteiger partial charge in [0.1, 0.15) is 5.82 Å². The molecular weight excluding hydrogens is 233 g/mol. The molecule has 3 heteroatoms. The van der Waals surface area contributed by atoms with Crippen molar-refractivity contribution >= 4 is 15.9 Å². The molecule has 0 unspecified atom stereocenters. The first-order valence-electron chi connectivity index (χ1n) is 3.85. The maximum Gasteiger partial charge on any atom is 0.137 e. The summed E-state index contributed by atoms with van der Waals surface area (Å²) in [6.45, 7) is 5.45. The Kier molecular flexibility index (Phi) is 2.88. The number of nitrogens with two attached hydrogens (primary N) is 1. The molecular formula is C10H11BrFN. The summed E-state index contributed by atoms with van der Waals surface area (Å²) in [7, 11) is 0. The lowest BCUT2D eigenvalue weighted by molar-refractivity contribution is 0.605. The van der Waals surface area contributed by atoms with Crippen LogP contribution in [0.15, 0.2) is 35.3 Å². The van der Waals surface area contributed by atoms with Crippen LogP contribution in [0.3, 0.4) is 0 Å². The summed E-state index contributed by atoms with van der Waals surface area (Å²) in [5, 5.41) is 0. The smallest absolute Gasteiger partial charge is 0.137 e. The third-order valence-electron chi connectivity index (χ3n) is 1.97. The molecule has 1 rings (SSSR count). The molecule has 1 atom stereocenters. The van der Waals surface area contributed by atoms with Crippen molar-refractivity contribution in [2.75, 3.05) is 0 Å². The Morgan fingerprint density at radius 1 is 1.62 bits per heavy atom. The fraction of sp³-hybridized carbons (Fsp3) is 0.200. The number of hydrogen-bond acceptors (Lipinski definition) is 1. The van der Waals surface area contributed by atoms with E-state index in [1.807, 2.05) is 6.92 Å². The van der Waals surface area contributed by atoms with Crippen LogP contribution in [0.2, 0.25) is 0 Å². The van der Waals surface area contributed by atoms with Crippen LogP contribution in [-0.2, 0) is 5.54 Å². The number of benzene rings is 1. The second kappa shape index (κ2) is 3.60. The molecule has 0 aliphatic rings. The van der Waals surface area contributed by atoms with Gasteiger partial charge in [-0.2, -0.15) is 0 Å². The van der Waals surface area contributed by atoms with Crippen LogP contribution in [0.1, 0.15) is 12.5 Å². The first-order valence-corrected chi connectivity index (χ1v) is 4.64. The molecule has 0 aliphatic carbocycles. The Balaban J connectivity index is 3.18. The lowest BCUT2D eigenvalue weighted by Gasteiger charge is -2.20. The van der Waals surface area contributed by atoms with Gasteiger partial charge in [0.25, 0.3) is 0 Å². The minimum Gasteiger partial charge on any atom is -0.318 e. The molecule has 1 aromatic carbocycles. The maximum atomic E-state index is 12.9. The van der Waals surface area contributed by atoms with Gasteiger partial charge < -0.3 is 5.73 Å². The number of rotatable bonds is 2. The number of halogens is 2. The Labute approximate surface area is 85.6 Å². The van der Waals surface area contributed by atoms with Gasteiger partial charge in [0, 0.05) is 0 Å². The molecule has 0 spiro atoms. The van der Waals surface area contributed by atoms with Crippen molar-refractivity contribution in [3.05, 3.63) is 46.7 Å². The summed E-state index contributed by atoms with van der Waals surface area (Å²) in [6, 6.07) is 4.70. The lowest BCUT2D eigenvalue weighted by Crippen LogP contribution is -2.29. The Bertz CT molecular complexity index is 334. The molecule has 1 aromatic rings. The molecule has 0 bridgehead atoms. The van der Waals surface area contributed by atoms with E-state index >= 15 is 0 Å². The second-order valence-corrected chi connectivity index (χ2v) is 3.97. The highest BCUT2D eigenvalue weighted by Crippen LogP contribution is 2.24. The van der Waals surface area contributed by atoms with Gasteiger partial charge in [-0.1, -0.05) is 12.1 Å². The third kappa shape index (κ3) is 2.17. The van der Waals surface area contributed by atoms with Gasteiger partial charge in [-0.25, -0.2) is 4.39 Å². The predicted octanol–water partition coefficient (Wildman–Crippen LogP) is 2.95. The van der Waals surface area contributed by atoms with Crippen LogP contribution in [0.25, 0.3) is 0 Å². The molecule has 0 fully saturated rings. The van der Waals surface area contributed by atoms with Crippen LogP contribution in [-0.4, -0.2) is 0 Å². The summed E-state index contributed by atoms with van der Waals surface area (Å²) in [5.74, 6) is -0.288. The van der Waals surface area contributed by atoms with Crippen molar-refractivity contribution < 1.29 is 4.39 Å². The van der Waals surface area contributed by atoms with Crippen molar-refractivity contribution in [1.29, 1.82) is 0 Å². The second-order valence-electron chi connectivity index (χ2n) is 3.12. The van der Waals surface area contributed by atoms with Crippen LogP contribution in [0.4, 0.5) is 4.39 Å². The fourth-order valence-corrected chi connectivity index (χ4v) is 1.33. The van der Waals surface area contributed by atoms with Gasteiger partial charge >= 0.3 is 0 Å². The van der Waals surface area contributed by atoms with Crippen molar-refractivity contribution in [2.24, 2.45) is 5.73 Å². The monoisotopic (exact) mass is 243 g/mol. The first-order chi connectivity index (χ1) is 5.97. The standard InChI is InChI=1S/C10H11BrFN/c1-3-10(2,13)7-4-5-9(12)8(11)6-7/h3-6H,1,13H2,2H3/t10-/m0/s1. The molecule has 0 radical (unpaired) electrons. The van der Waals surface area contributed by atoms with E-state index in [2.05, 4.69) is 22.5 Å². The first kappa shape index (κ1) is 10.4. The van der Waals surface area contributed by atoms with E-state index in [-0.39, 0.29) is 5.82 Å². The van der Waals surface area contributed by atoms with Crippen LogP contribution < -0.4 is 5.73 Å². The van der Waals surface area contributed by atoms with E-state index in [0.717, 1.165) is 5.56 Å². The van der Waals surface area contributed by atoms with Crippen molar-refractivity contribution in [3.63, 3.8) is 0 Å². The molecule has 0 saturated heterocycles. The predicted molar refractivity (Wildman–Crippen MR) is 55.8 cm³/mol. The zero-order chi connectivity index (χ0) is 10.1. The SMILES string of the molecule is C=C[C@](C)(N)c1ccc(F)c(Br)c1. The van der Waals surface area contributed by atoms with Crippen LogP contribution >= 0.6 is 15.9 Å². The summed E-state index contributed by atoms with van der Waals surface area (Å²) < 4.78 is 13.3. The van der Waals surface area contributed by atoms with Gasteiger partial charge in [0.15, 0.2) is 0 Å². The quantitative estimate of drug-likeness (QED) is 0.795. The minimum absolute atomic E-state index is 0.288. The van der Waals surface area contributed by atoms with E-state index in [1.54, 1.807) is 18.2 Å². The molecule has 13 heavy (non-hydrogen) atoms. The Morgan fingerprint density at radius 2 is 2.23 bits per heavy atom. The van der Waals surface area contributed by atoms with Gasteiger partial charge in [-0.05, 0) is 40.5 Å². The van der Waals surface area contributed by atoms with Gasteiger partial charge in [0.05, 0.1) is 10.0 Å². The zero-order valence-electron chi connectivity index (χ0n) is 7.35. The summed E-state index contributed by atoms with van der Waals surface area (Å²) in [6.07, 6.45) is 1.63. The molecule has 1 nitrogen and oxygen atoms in total. The number of hydrogen-bond donors (Lipinski definition) is 1.